The van der Waals surface area contributed by atoms with Gasteiger partial charge in [0.05, 0.1) is 0 Å². The quantitative estimate of drug-likeness (QED) is 0.725. The van der Waals surface area contributed by atoms with Gasteiger partial charge in [-0.2, -0.15) is 0 Å². The normalized spacial score (nSPS) is 12.2. The molecular weight excluding hydrogens is 184 g/mol. The average Bonchev–Trinajstić information content (AvgIpc) is 2.16. The van der Waals surface area contributed by atoms with Gasteiger partial charge in [0, 0.05) is 25.9 Å². The molecule has 1 atom stereocenters. The Labute approximate surface area is 81.6 Å². The van der Waals surface area contributed by atoms with Gasteiger partial charge in [0.2, 0.25) is 0 Å². The Hall–Kier alpha value is -1.62. The molecule has 76 valence electrons. The summed E-state index contributed by atoms with van der Waals surface area (Å²) in [6.45, 7) is 0. The Morgan fingerprint density at radius 1 is 1.57 bits per heavy atom. The average molecular weight is 196 g/mol. The first-order chi connectivity index (χ1) is 6.54. The predicted molar refractivity (Wildman–Crippen MR) is 51.2 cm³/mol. The Morgan fingerprint density at radius 2 is 2.21 bits per heavy atom. The fourth-order valence-corrected chi connectivity index (χ4v) is 1.13. The number of hydrogen-bond acceptors (Lipinski definition) is 4. The van der Waals surface area contributed by atoms with Crippen molar-refractivity contribution in [2.75, 3.05) is 19.0 Å². The van der Waals surface area contributed by atoms with Gasteiger partial charge >= 0.3 is 5.97 Å². The molecule has 0 aliphatic carbocycles. The van der Waals surface area contributed by atoms with E-state index in [1.54, 1.807) is 37.3 Å². The third-order valence-corrected chi connectivity index (χ3v) is 1.77. The van der Waals surface area contributed by atoms with Gasteiger partial charge in [0.15, 0.2) is 6.10 Å². The fourth-order valence-electron chi connectivity index (χ4n) is 1.13. The van der Waals surface area contributed by atoms with E-state index in [9.17, 15) is 9.90 Å². The van der Waals surface area contributed by atoms with Crippen LogP contribution in [0.15, 0.2) is 18.3 Å². The monoisotopic (exact) mass is 196 g/mol. The first kappa shape index (κ1) is 10.5. The largest absolute Gasteiger partial charge is 0.479 e. The van der Waals surface area contributed by atoms with Gasteiger partial charge in [-0.3, -0.25) is 0 Å². The number of rotatable bonds is 3. The summed E-state index contributed by atoms with van der Waals surface area (Å²) in [5, 5.41) is 18.0. The van der Waals surface area contributed by atoms with Crippen LogP contribution in [0.4, 0.5) is 5.82 Å². The number of carboxylic acids is 1. The van der Waals surface area contributed by atoms with E-state index in [1.807, 2.05) is 0 Å². The molecule has 14 heavy (non-hydrogen) atoms. The van der Waals surface area contributed by atoms with Crippen molar-refractivity contribution < 1.29 is 15.0 Å². The Kier molecular flexibility index (Phi) is 3.03. The second-order valence-corrected chi connectivity index (χ2v) is 3.05. The van der Waals surface area contributed by atoms with Crippen LogP contribution in [-0.4, -0.2) is 35.3 Å². The van der Waals surface area contributed by atoms with E-state index in [2.05, 4.69) is 4.98 Å². The van der Waals surface area contributed by atoms with Gasteiger partial charge in [0.25, 0.3) is 0 Å². The van der Waals surface area contributed by atoms with Crippen LogP contribution in [0.5, 0.6) is 0 Å². The number of aromatic nitrogens is 1. The molecular formula is C9H12N2O3. The summed E-state index contributed by atoms with van der Waals surface area (Å²) >= 11 is 0. The molecule has 0 amide bonds. The number of carbonyl (C=O) groups is 1. The zero-order valence-electron chi connectivity index (χ0n) is 8.01. The van der Waals surface area contributed by atoms with Crippen molar-refractivity contribution in [1.29, 1.82) is 0 Å². The Balaban J connectivity index is 3.13. The molecule has 1 unspecified atom stereocenters. The molecule has 0 bridgehead atoms. The SMILES string of the molecule is CN(C)c1ncccc1C(O)C(=O)O. The van der Waals surface area contributed by atoms with E-state index in [1.165, 1.54) is 0 Å². The number of pyridine rings is 1. The van der Waals surface area contributed by atoms with Gasteiger partial charge < -0.3 is 15.1 Å². The van der Waals surface area contributed by atoms with Gasteiger partial charge in [0.1, 0.15) is 5.82 Å². The van der Waals surface area contributed by atoms with E-state index >= 15 is 0 Å². The van der Waals surface area contributed by atoms with Crippen LogP contribution in [0.2, 0.25) is 0 Å². The standard InChI is InChI=1S/C9H12N2O3/c1-11(2)8-6(4-3-5-10-8)7(12)9(13)14/h3-5,7,12H,1-2H3,(H,13,14). The molecule has 1 rings (SSSR count). The number of nitrogens with zero attached hydrogens (tertiary/aromatic N) is 2. The second kappa shape index (κ2) is 4.06. The molecule has 5 nitrogen and oxygen atoms in total. The minimum absolute atomic E-state index is 0.296. The van der Waals surface area contributed by atoms with E-state index < -0.39 is 12.1 Å². The lowest BCUT2D eigenvalue weighted by Crippen LogP contribution is -2.18. The molecule has 1 heterocycles. The van der Waals surface area contributed by atoms with Gasteiger partial charge in [-0.25, -0.2) is 9.78 Å². The zero-order chi connectivity index (χ0) is 10.7. The summed E-state index contributed by atoms with van der Waals surface area (Å²) in [4.78, 5) is 16.2. The van der Waals surface area contributed by atoms with Crippen LogP contribution < -0.4 is 4.90 Å². The molecule has 5 heteroatoms. The molecule has 1 aromatic rings. The molecule has 0 radical (unpaired) electrons. The number of hydrogen-bond donors (Lipinski definition) is 2. The summed E-state index contributed by atoms with van der Waals surface area (Å²) in [5.74, 6) is -0.816. The van der Waals surface area contributed by atoms with Crippen molar-refractivity contribution in [3.05, 3.63) is 23.9 Å². The molecule has 0 saturated carbocycles. The van der Waals surface area contributed by atoms with Crippen molar-refractivity contribution in [1.82, 2.24) is 4.98 Å². The zero-order valence-corrected chi connectivity index (χ0v) is 8.01. The first-order valence-electron chi connectivity index (χ1n) is 4.07. The fraction of sp³-hybridized carbons (Fsp3) is 0.333. The summed E-state index contributed by atoms with van der Waals surface area (Å²) in [7, 11) is 3.47. The minimum atomic E-state index is -1.53. The minimum Gasteiger partial charge on any atom is -0.479 e. The molecule has 0 saturated heterocycles. The number of aliphatic hydroxyl groups is 1. The number of carboxylic acid groups (broad SMARTS) is 1. The number of anilines is 1. The highest BCUT2D eigenvalue weighted by atomic mass is 16.4. The molecule has 0 aliphatic rings. The van der Waals surface area contributed by atoms with Crippen LogP contribution >= 0.6 is 0 Å². The Morgan fingerprint density at radius 3 is 2.71 bits per heavy atom. The van der Waals surface area contributed by atoms with Gasteiger partial charge in [-0.15, -0.1) is 0 Å². The maximum atomic E-state index is 10.6. The van der Waals surface area contributed by atoms with Gasteiger partial charge in [-0.1, -0.05) is 6.07 Å². The van der Waals surface area contributed by atoms with Crippen molar-refractivity contribution in [2.24, 2.45) is 0 Å². The number of aliphatic hydroxyl groups excluding tert-OH is 1. The lowest BCUT2D eigenvalue weighted by molar-refractivity contribution is -0.146. The lowest BCUT2D eigenvalue weighted by atomic mass is 10.1. The molecule has 0 fully saturated rings. The van der Waals surface area contributed by atoms with Crippen LogP contribution in [0.1, 0.15) is 11.7 Å². The number of aliphatic carboxylic acids is 1. The van der Waals surface area contributed by atoms with E-state index in [-0.39, 0.29) is 0 Å². The smallest absolute Gasteiger partial charge is 0.337 e. The van der Waals surface area contributed by atoms with Crippen LogP contribution in [0.25, 0.3) is 0 Å². The maximum absolute atomic E-state index is 10.6. The van der Waals surface area contributed by atoms with Crippen molar-refractivity contribution in [3.63, 3.8) is 0 Å². The second-order valence-electron chi connectivity index (χ2n) is 3.05. The van der Waals surface area contributed by atoms with Crippen LogP contribution in [0.3, 0.4) is 0 Å². The summed E-state index contributed by atoms with van der Waals surface area (Å²) in [6.07, 6.45) is 0.0223. The molecule has 0 aliphatic heterocycles. The third kappa shape index (κ3) is 2.00. The Bertz CT molecular complexity index is 339. The molecule has 1 aromatic heterocycles. The molecule has 2 N–H and O–H groups in total. The highest BCUT2D eigenvalue weighted by Crippen LogP contribution is 2.22. The summed E-state index contributed by atoms with van der Waals surface area (Å²) < 4.78 is 0. The molecule has 0 aromatic carbocycles. The van der Waals surface area contributed by atoms with E-state index in [0.717, 1.165) is 0 Å². The maximum Gasteiger partial charge on any atom is 0.337 e. The summed E-state index contributed by atoms with van der Waals surface area (Å²) in [6, 6.07) is 3.13. The third-order valence-electron chi connectivity index (χ3n) is 1.77. The van der Waals surface area contributed by atoms with E-state index in [0.29, 0.717) is 11.4 Å². The topological polar surface area (TPSA) is 73.7 Å². The van der Waals surface area contributed by atoms with E-state index in [4.69, 9.17) is 5.11 Å². The lowest BCUT2D eigenvalue weighted by Gasteiger charge is -2.17. The summed E-state index contributed by atoms with van der Waals surface area (Å²) in [5.41, 5.74) is 0.296. The van der Waals surface area contributed by atoms with Crippen molar-refractivity contribution in [2.45, 2.75) is 6.10 Å². The van der Waals surface area contributed by atoms with Crippen molar-refractivity contribution in [3.8, 4) is 0 Å². The highest BCUT2D eigenvalue weighted by Gasteiger charge is 2.20. The highest BCUT2D eigenvalue weighted by molar-refractivity contribution is 5.76. The van der Waals surface area contributed by atoms with Crippen LogP contribution in [0, 0.1) is 0 Å². The first-order valence-corrected chi connectivity index (χ1v) is 4.07. The van der Waals surface area contributed by atoms with Gasteiger partial charge in [-0.05, 0) is 6.07 Å². The van der Waals surface area contributed by atoms with Crippen LogP contribution in [-0.2, 0) is 4.79 Å². The predicted octanol–water partition coefficient (Wildman–Crippen LogP) is 0.266. The van der Waals surface area contributed by atoms with Crippen molar-refractivity contribution >= 4 is 11.8 Å². The molecule has 0 spiro atoms.